The normalized spacial score (nSPS) is 28.6. The predicted octanol–water partition coefficient (Wildman–Crippen LogP) is -0.243. The van der Waals surface area contributed by atoms with Crippen LogP contribution in [-0.2, 0) is 4.79 Å². The quantitative estimate of drug-likeness (QED) is 0.681. The molecule has 4 heteroatoms. The fourth-order valence-corrected chi connectivity index (χ4v) is 1.90. The van der Waals surface area contributed by atoms with E-state index in [1.54, 1.807) is 0 Å². The van der Waals surface area contributed by atoms with Gasteiger partial charge in [0, 0.05) is 25.7 Å². The highest BCUT2D eigenvalue weighted by Crippen LogP contribution is 2.08. The zero-order valence-electron chi connectivity index (χ0n) is 9.58. The first-order chi connectivity index (χ1) is 6.56. The summed E-state index contributed by atoms with van der Waals surface area (Å²) in [6, 6.07) is 0.298. The van der Waals surface area contributed by atoms with Gasteiger partial charge in [-0.25, -0.2) is 0 Å². The summed E-state index contributed by atoms with van der Waals surface area (Å²) in [5, 5.41) is 3.28. The van der Waals surface area contributed by atoms with Crippen molar-refractivity contribution in [2.24, 2.45) is 0 Å². The lowest BCUT2D eigenvalue weighted by Crippen LogP contribution is -2.61. The lowest BCUT2D eigenvalue weighted by Gasteiger charge is -2.38. The van der Waals surface area contributed by atoms with Gasteiger partial charge in [0.25, 0.3) is 0 Å². The van der Waals surface area contributed by atoms with Crippen LogP contribution in [0.2, 0.25) is 0 Å². The van der Waals surface area contributed by atoms with E-state index >= 15 is 0 Å². The molecule has 1 amide bonds. The molecule has 82 valence electrons. The maximum atomic E-state index is 11.9. The summed E-state index contributed by atoms with van der Waals surface area (Å²) in [5.41, 5.74) is 0. The molecule has 0 bridgehead atoms. The third kappa shape index (κ3) is 2.45. The van der Waals surface area contributed by atoms with Crippen LogP contribution in [0.5, 0.6) is 0 Å². The zero-order chi connectivity index (χ0) is 10.7. The number of carbonyl (C=O) groups is 1. The molecule has 1 saturated heterocycles. The average Bonchev–Trinajstić information content (AvgIpc) is 2.10. The van der Waals surface area contributed by atoms with Crippen molar-refractivity contribution >= 4 is 5.91 Å². The van der Waals surface area contributed by atoms with Crippen LogP contribution in [0.4, 0.5) is 0 Å². The van der Waals surface area contributed by atoms with Crippen molar-refractivity contribution in [2.45, 2.75) is 25.9 Å². The number of amides is 1. The number of nitrogens with one attached hydrogen (secondary N) is 1. The highest BCUT2D eigenvalue weighted by molar-refractivity contribution is 5.83. The van der Waals surface area contributed by atoms with Crippen molar-refractivity contribution < 1.29 is 4.79 Å². The highest BCUT2D eigenvalue weighted by atomic mass is 16.2. The lowest BCUT2D eigenvalue weighted by atomic mass is 10.1. The molecule has 0 aromatic rings. The average molecular weight is 199 g/mol. The van der Waals surface area contributed by atoms with Gasteiger partial charge in [-0.2, -0.15) is 0 Å². The molecule has 4 nitrogen and oxygen atoms in total. The molecule has 0 spiro atoms. The fraction of sp³-hybridized carbons (Fsp3) is 0.900. The minimum Gasteiger partial charge on any atom is -0.338 e. The molecule has 14 heavy (non-hydrogen) atoms. The Hall–Kier alpha value is -0.610. The fourth-order valence-electron chi connectivity index (χ4n) is 1.90. The molecule has 2 atom stereocenters. The van der Waals surface area contributed by atoms with Crippen LogP contribution in [0.1, 0.15) is 13.8 Å². The molecular formula is C10H21N3O. The van der Waals surface area contributed by atoms with Crippen LogP contribution in [0, 0.1) is 0 Å². The van der Waals surface area contributed by atoms with Gasteiger partial charge >= 0.3 is 0 Å². The minimum atomic E-state index is -0.0267. The van der Waals surface area contributed by atoms with Crippen LogP contribution in [0.15, 0.2) is 0 Å². The Morgan fingerprint density at radius 2 is 2.21 bits per heavy atom. The molecule has 1 aliphatic heterocycles. The van der Waals surface area contributed by atoms with Gasteiger partial charge in [-0.15, -0.1) is 0 Å². The molecule has 0 radical (unpaired) electrons. The predicted molar refractivity (Wildman–Crippen MR) is 57.2 cm³/mol. The monoisotopic (exact) mass is 199 g/mol. The smallest absolute Gasteiger partial charge is 0.241 e. The molecule has 1 heterocycles. The third-order valence-corrected chi connectivity index (χ3v) is 2.66. The summed E-state index contributed by atoms with van der Waals surface area (Å²) >= 11 is 0. The number of rotatable bonds is 3. The molecule has 1 fully saturated rings. The van der Waals surface area contributed by atoms with Crippen molar-refractivity contribution in [1.29, 1.82) is 0 Å². The zero-order valence-corrected chi connectivity index (χ0v) is 9.58. The molecule has 0 aromatic heterocycles. The van der Waals surface area contributed by atoms with Crippen LogP contribution in [0.25, 0.3) is 0 Å². The lowest BCUT2D eigenvalue weighted by molar-refractivity contribution is -0.138. The maximum absolute atomic E-state index is 11.9. The summed E-state index contributed by atoms with van der Waals surface area (Å²) < 4.78 is 0. The van der Waals surface area contributed by atoms with Crippen LogP contribution in [-0.4, -0.2) is 61.5 Å². The highest BCUT2D eigenvalue weighted by Gasteiger charge is 2.31. The van der Waals surface area contributed by atoms with Gasteiger partial charge in [-0.1, -0.05) is 0 Å². The Labute approximate surface area is 86.2 Å². The van der Waals surface area contributed by atoms with E-state index in [0.29, 0.717) is 6.04 Å². The molecular weight excluding hydrogens is 178 g/mol. The van der Waals surface area contributed by atoms with Gasteiger partial charge in [0.2, 0.25) is 5.91 Å². The van der Waals surface area contributed by atoms with Gasteiger partial charge in [-0.3, -0.25) is 4.79 Å². The minimum absolute atomic E-state index is 0.0267. The topological polar surface area (TPSA) is 35.6 Å². The second-order valence-electron chi connectivity index (χ2n) is 4.20. The molecule has 0 aromatic carbocycles. The largest absolute Gasteiger partial charge is 0.338 e. The number of hydrogen-bond donors (Lipinski definition) is 1. The third-order valence-electron chi connectivity index (χ3n) is 2.66. The van der Waals surface area contributed by atoms with E-state index in [1.165, 1.54) is 0 Å². The summed E-state index contributed by atoms with van der Waals surface area (Å²) in [6.45, 7) is 6.61. The molecule has 1 aliphatic rings. The van der Waals surface area contributed by atoms with Gasteiger partial charge in [-0.05, 0) is 27.9 Å². The second-order valence-corrected chi connectivity index (χ2v) is 4.20. The maximum Gasteiger partial charge on any atom is 0.241 e. The number of piperazine rings is 1. The van der Waals surface area contributed by atoms with E-state index in [2.05, 4.69) is 12.2 Å². The van der Waals surface area contributed by atoms with Crippen LogP contribution < -0.4 is 5.32 Å². The summed E-state index contributed by atoms with van der Waals surface area (Å²) in [6.07, 6.45) is 0. The van der Waals surface area contributed by atoms with E-state index in [-0.39, 0.29) is 11.9 Å². The van der Waals surface area contributed by atoms with Crippen molar-refractivity contribution in [2.75, 3.05) is 33.7 Å². The molecule has 1 rings (SSSR count). The number of carbonyl (C=O) groups excluding carboxylic acids is 1. The second kappa shape index (κ2) is 4.75. The number of hydrogen-bond acceptors (Lipinski definition) is 3. The summed E-state index contributed by atoms with van der Waals surface area (Å²) in [4.78, 5) is 15.9. The first-order valence-electron chi connectivity index (χ1n) is 5.24. The Kier molecular flexibility index (Phi) is 3.89. The molecule has 0 aliphatic carbocycles. The van der Waals surface area contributed by atoms with E-state index < -0.39 is 0 Å². The van der Waals surface area contributed by atoms with Crippen molar-refractivity contribution in [3.8, 4) is 0 Å². The summed E-state index contributed by atoms with van der Waals surface area (Å²) in [5.74, 6) is 0.236. The van der Waals surface area contributed by atoms with Gasteiger partial charge in [0.1, 0.15) is 0 Å². The van der Waals surface area contributed by atoms with E-state index in [0.717, 1.165) is 19.6 Å². The van der Waals surface area contributed by atoms with Crippen LogP contribution in [0.3, 0.4) is 0 Å². The SMILES string of the molecule is CCN1C(=O)C(CN(C)C)NCC1C. The number of nitrogens with zero attached hydrogens (tertiary/aromatic N) is 2. The van der Waals surface area contributed by atoms with Gasteiger partial charge < -0.3 is 15.1 Å². The number of likely N-dealkylation sites (N-methyl/N-ethyl adjacent to an activating group) is 2. The van der Waals surface area contributed by atoms with E-state index in [1.807, 2.05) is 30.8 Å². The van der Waals surface area contributed by atoms with Crippen molar-refractivity contribution in [3.63, 3.8) is 0 Å². The van der Waals surface area contributed by atoms with Gasteiger partial charge in [0.15, 0.2) is 0 Å². The Bertz CT molecular complexity index is 206. The van der Waals surface area contributed by atoms with Crippen LogP contribution >= 0.6 is 0 Å². The molecule has 0 saturated carbocycles. The Balaban J connectivity index is 2.59. The standard InChI is InChI=1S/C10H21N3O/c1-5-13-8(2)6-11-9(10(13)14)7-12(3)4/h8-9,11H,5-7H2,1-4H3. The van der Waals surface area contributed by atoms with Gasteiger partial charge in [0.05, 0.1) is 6.04 Å². The Morgan fingerprint density at radius 3 is 2.71 bits per heavy atom. The molecule has 2 unspecified atom stereocenters. The Morgan fingerprint density at radius 1 is 1.57 bits per heavy atom. The molecule has 1 N–H and O–H groups in total. The summed E-state index contributed by atoms with van der Waals surface area (Å²) in [7, 11) is 3.98. The van der Waals surface area contributed by atoms with E-state index in [9.17, 15) is 4.79 Å². The van der Waals surface area contributed by atoms with Crippen molar-refractivity contribution in [3.05, 3.63) is 0 Å². The van der Waals surface area contributed by atoms with E-state index in [4.69, 9.17) is 0 Å². The van der Waals surface area contributed by atoms with Crippen molar-refractivity contribution in [1.82, 2.24) is 15.1 Å². The first kappa shape index (κ1) is 11.5. The first-order valence-corrected chi connectivity index (χ1v) is 5.24.